The molecule has 0 amide bonds. The second-order valence-corrected chi connectivity index (χ2v) is 4.42. The first-order valence-electron chi connectivity index (χ1n) is 5.06. The van der Waals surface area contributed by atoms with Crippen molar-refractivity contribution in [1.29, 1.82) is 0 Å². The Hall–Kier alpha value is -1.31. The molecule has 1 aromatic rings. The molecule has 0 N–H and O–H groups in total. The summed E-state index contributed by atoms with van der Waals surface area (Å²) in [5, 5.41) is 0.608. The molecule has 4 heteroatoms. The maximum absolute atomic E-state index is 10.4. The van der Waals surface area contributed by atoms with Crippen LogP contribution in [-0.2, 0) is 10.3 Å². The van der Waals surface area contributed by atoms with E-state index in [-0.39, 0.29) is 5.54 Å². The van der Waals surface area contributed by atoms with Gasteiger partial charge in [0.2, 0.25) is 6.08 Å². The second kappa shape index (κ2) is 3.93. The third kappa shape index (κ3) is 1.73. The van der Waals surface area contributed by atoms with Gasteiger partial charge in [-0.05, 0) is 37.0 Å². The number of nitrogens with zero attached hydrogens (tertiary/aromatic N) is 1. The number of carbonyl (C=O) groups excluding carboxylic acids is 1. The predicted molar refractivity (Wildman–Crippen MR) is 61.8 cm³/mol. The molecule has 0 aliphatic heterocycles. The van der Waals surface area contributed by atoms with E-state index in [1.165, 1.54) is 0 Å². The maximum Gasteiger partial charge on any atom is 0.235 e. The lowest BCUT2D eigenvalue weighted by atomic mass is 10.0. The molecule has 3 nitrogen and oxygen atoms in total. The van der Waals surface area contributed by atoms with Crippen molar-refractivity contribution in [2.45, 2.75) is 25.3 Å². The van der Waals surface area contributed by atoms with Gasteiger partial charge in [0.15, 0.2) is 0 Å². The van der Waals surface area contributed by atoms with Gasteiger partial charge in [0.25, 0.3) is 0 Å². The molecular formula is C12H12ClNO2. The van der Waals surface area contributed by atoms with Crippen LogP contribution in [0.1, 0.15) is 24.0 Å². The topological polar surface area (TPSA) is 38.7 Å². The molecule has 0 unspecified atom stereocenters. The Morgan fingerprint density at radius 3 is 2.69 bits per heavy atom. The van der Waals surface area contributed by atoms with Gasteiger partial charge in [-0.15, -0.1) is 0 Å². The van der Waals surface area contributed by atoms with Crippen molar-refractivity contribution in [3.63, 3.8) is 0 Å². The van der Waals surface area contributed by atoms with Crippen LogP contribution in [0.25, 0.3) is 0 Å². The van der Waals surface area contributed by atoms with Crippen molar-refractivity contribution in [1.82, 2.24) is 0 Å². The fourth-order valence-electron chi connectivity index (χ4n) is 1.83. The molecule has 1 aromatic carbocycles. The molecular weight excluding hydrogens is 226 g/mol. The van der Waals surface area contributed by atoms with E-state index in [1.807, 2.05) is 19.1 Å². The summed E-state index contributed by atoms with van der Waals surface area (Å²) in [7, 11) is 1.58. The molecule has 0 saturated heterocycles. The van der Waals surface area contributed by atoms with Gasteiger partial charge in [0.1, 0.15) is 5.75 Å². The smallest absolute Gasteiger partial charge is 0.235 e. The highest BCUT2D eigenvalue weighted by Gasteiger charge is 2.45. The second-order valence-electron chi connectivity index (χ2n) is 4.04. The van der Waals surface area contributed by atoms with E-state index in [2.05, 4.69) is 4.99 Å². The van der Waals surface area contributed by atoms with Crippen LogP contribution < -0.4 is 4.74 Å². The quantitative estimate of drug-likeness (QED) is 0.599. The third-order valence-electron chi connectivity index (χ3n) is 2.96. The van der Waals surface area contributed by atoms with Gasteiger partial charge < -0.3 is 4.74 Å². The van der Waals surface area contributed by atoms with Gasteiger partial charge in [-0.1, -0.05) is 17.7 Å². The summed E-state index contributed by atoms with van der Waals surface area (Å²) < 4.78 is 5.20. The molecule has 16 heavy (non-hydrogen) atoms. The average Bonchev–Trinajstić information content (AvgIpc) is 3.03. The molecule has 1 saturated carbocycles. The number of isocyanates is 1. The monoisotopic (exact) mass is 237 g/mol. The summed E-state index contributed by atoms with van der Waals surface area (Å²) in [4.78, 5) is 14.3. The summed E-state index contributed by atoms with van der Waals surface area (Å²) >= 11 is 6.08. The minimum absolute atomic E-state index is 0.371. The highest BCUT2D eigenvalue weighted by atomic mass is 35.5. The van der Waals surface area contributed by atoms with Crippen molar-refractivity contribution in [3.8, 4) is 5.75 Å². The largest absolute Gasteiger partial charge is 0.495 e. The van der Waals surface area contributed by atoms with E-state index >= 15 is 0 Å². The van der Waals surface area contributed by atoms with Gasteiger partial charge in [-0.25, -0.2) is 4.79 Å². The van der Waals surface area contributed by atoms with Crippen LogP contribution >= 0.6 is 11.6 Å². The Morgan fingerprint density at radius 1 is 1.50 bits per heavy atom. The number of benzene rings is 1. The van der Waals surface area contributed by atoms with Gasteiger partial charge in [-0.3, -0.25) is 0 Å². The minimum Gasteiger partial charge on any atom is -0.495 e. The SMILES string of the molecule is COc1cc(C2(N=C=O)CC2)cc(C)c1Cl. The van der Waals surface area contributed by atoms with Gasteiger partial charge in [0.05, 0.1) is 17.7 Å². The fraction of sp³-hybridized carbons (Fsp3) is 0.417. The molecule has 0 aromatic heterocycles. The number of hydrogen-bond donors (Lipinski definition) is 0. The van der Waals surface area contributed by atoms with E-state index in [1.54, 1.807) is 13.2 Å². The summed E-state index contributed by atoms with van der Waals surface area (Å²) in [6.07, 6.45) is 3.40. The highest BCUT2D eigenvalue weighted by Crippen LogP contribution is 2.50. The van der Waals surface area contributed by atoms with E-state index in [0.717, 1.165) is 24.0 Å². The van der Waals surface area contributed by atoms with Crippen LogP contribution in [0.15, 0.2) is 17.1 Å². The van der Waals surface area contributed by atoms with E-state index in [4.69, 9.17) is 16.3 Å². The van der Waals surface area contributed by atoms with Crippen molar-refractivity contribution in [2.75, 3.05) is 7.11 Å². The van der Waals surface area contributed by atoms with Crippen molar-refractivity contribution < 1.29 is 9.53 Å². The number of methoxy groups -OCH3 is 1. The van der Waals surface area contributed by atoms with Crippen LogP contribution in [0.5, 0.6) is 5.75 Å². The Balaban J connectivity index is 2.51. The molecule has 84 valence electrons. The zero-order chi connectivity index (χ0) is 11.8. The zero-order valence-corrected chi connectivity index (χ0v) is 9.97. The number of aliphatic imine (C=N–C) groups is 1. The third-order valence-corrected chi connectivity index (χ3v) is 3.45. The van der Waals surface area contributed by atoms with Gasteiger partial charge in [-0.2, -0.15) is 4.99 Å². The minimum atomic E-state index is -0.371. The average molecular weight is 238 g/mol. The Bertz CT molecular complexity index is 474. The molecule has 0 bridgehead atoms. The lowest BCUT2D eigenvalue weighted by Gasteiger charge is -2.13. The van der Waals surface area contributed by atoms with E-state index < -0.39 is 0 Å². The van der Waals surface area contributed by atoms with Crippen LogP contribution in [0, 0.1) is 6.92 Å². The lowest BCUT2D eigenvalue weighted by Crippen LogP contribution is -2.03. The van der Waals surface area contributed by atoms with Gasteiger partial charge >= 0.3 is 0 Å². The molecule has 0 radical (unpaired) electrons. The summed E-state index contributed by atoms with van der Waals surface area (Å²) in [5.41, 5.74) is 1.54. The molecule has 0 heterocycles. The first-order valence-corrected chi connectivity index (χ1v) is 5.44. The van der Waals surface area contributed by atoms with E-state index in [9.17, 15) is 4.79 Å². The fourth-order valence-corrected chi connectivity index (χ4v) is 2.01. The lowest BCUT2D eigenvalue weighted by molar-refractivity contribution is 0.413. The Labute approximate surface area is 99.1 Å². The number of hydrogen-bond acceptors (Lipinski definition) is 3. The zero-order valence-electron chi connectivity index (χ0n) is 9.21. The number of ether oxygens (including phenoxy) is 1. The molecule has 2 rings (SSSR count). The molecule has 1 aliphatic carbocycles. The number of rotatable bonds is 3. The molecule has 1 fully saturated rings. The molecule has 0 atom stereocenters. The molecule has 1 aliphatic rings. The van der Waals surface area contributed by atoms with Crippen LogP contribution in [-0.4, -0.2) is 13.2 Å². The number of aryl methyl sites for hydroxylation is 1. The van der Waals surface area contributed by atoms with Crippen LogP contribution in [0.3, 0.4) is 0 Å². The van der Waals surface area contributed by atoms with Crippen molar-refractivity contribution >= 4 is 17.7 Å². The summed E-state index contributed by atoms with van der Waals surface area (Å²) in [6.45, 7) is 1.91. The Morgan fingerprint density at radius 2 is 2.19 bits per heavy atom. The maximum atomic E-state index is 10.4. The molecule has 0 spiro atoms. The predicted octanol–water partition coefficient (Wildman–Crippen LogP) is 2.98. The summed E-state index contributed by atoms with van der Waals surface area (Å²) in [6, 6.07) is 3.81. The van der Waals surface area contributed by atoms with Crippen molar-refractivity contribution in [3.05, 3.63) is 28.3 Å². The van der Waals surface area contributed by atoms with Crippen LogP contribution in [0.2, 0.25) is 5.02 Å². The van der Waals surface area contributed by atoms with Gasteiger partial charge in [0, 0.05) is 0 Å². The number of halogens is 1. The normalized spacial score (nSPS) is 16.4. The first-order chi connectivity index (χ1) is 7.63. The van der Waals surface area contributed by atoms with Crippen molar-refractivity contribution in [2.24, 2.45) is 4.99 Å². The summed E-state index contributed by atoms with van der Waals surface area (Å²) in [5.74, 6) is 0.629. The standard InChI is InChI=1S/C12H12ClNO2/c1-8-5-9(6-10(16-2)11(8)13)12(3-4-12)14-7-15/h5-6H,3-4H2,1-2H3. The first kappa shape index (κ1) is 11.2. The van der Waals surface area contributed by atoms with Crippen LogP contribution in [0.4, 0.5) is 0 Å². The highest BCUT2D eigenvalue weighted by molar-refractivity contribution is 6.32. The van der Waals surface area contributed by atoms with E-state index in [0.29, 0.717) is 10.8 Å². The Kier molecular flexibility index (Phi) is 2.75.